The van der Waals surface area contributed by atoms with Gasteiger partial charge in [-0.15, -0.1) is 0 Å². The first-order valence-corrected chi connectivity index (χ1v) is 11.6. The summed E-state index contributed by atoms with van der Waals surface area (Å²) in [6.07, 6.45) is -2.50. The molecule has 0 bridgehead atoms. The number of alkyl halides is 3. The molecular weight excluding hydrogens is 465 g/mol. The molecule has 1 aromatic heterocycles. The number of nitrogens with zero attached hydrogens (tertiary/aromatic N) is 3. The molecule has 1 saturated heterocycles. The highest BCUT2D eigenvalue weighted by Crippen LogP contribution is 2.35. The van der Waals surface area contributed by atoms with Crippen molar-refractivity contribution in [2.24, 2.45) is 0 Å². The van der Waals surface area contributed by atoms with E-state index in [4.69, 9.17) is 11.6 Å². The van der Waals surface area contributed by atoms with Crippen molar-refractivity contribution in [3.63, 3.8) is 0 Å². The van der Waals surface area contributed by atoms with Crippen LogP contribution < -0.4 is 10.2 Å². The van der Waals surface area contributed by atoms with E-state index < -0.39 is 17.6 Å². The van der Waals surface area contributed by atoms with Gasteiger partial charge in [-0.1, -0.05) is 23.7 Å². The fourth-order valence-electron chi connectivity index (χ4n) is 4.37. The van der Waals surface area contributed by atoms with Gasteiger partial charge in [-0.25, -0.2) is 0 Å². The number of hydrogen-bond donors (Lipinski definition) is 1. The van der Waals surface area contributed by atoms with E-state index in [-0.39, 0.29) is 16.5 Å². The van der Waals surface area contributed by atoms with Gasteiger partial charge in [0.1, 0.15) is 0 Å². The van der Waals surface area contributed by atoms with E-state index in [9.17, 15) is 18.0 Å². The molecule has 1 aliphatic rings. The molecule has 0 saturated carbocycles. The first kappa shape index (κ1) is 24.3. The van der Waals surface area contributed by atoms with Crippen molar-refractivity contribution >= 4 is 34.1 Å². The van der Waals surface area contributed by atoms with E-state index in [0.717, 1.165) is 49.5 Å². The fraction of sp³-hybridized carbons (Fsp3) is 0.360. The van der Waals surface area contributed by atoms with Crippen molar-refractivity contribution in [3.05, 3.63) is 70.4 Å². The van der Waals surface area contributed by atoms with Crippen LogP contribution in [0.2, 0.25) is 5.02 Å². The van der Waals surface area contributed by atoms with Gasteiger partial charge in [-0.2, -0.15) is 13.2 Å². The molecule has 1 aliphatic heterocycles. The van der Waals surface area contributed by atoms with Crippen molar-refractivity contribution in [2.75, 3.05) is 44.2 Å². The zero-order valence-corrected chi connectivity index (χ0v) is 19.6. The second-order valence-corrected chi connectivity index (χ2v) is 8.86. The van der Waals surface area contributed by atoms with Crippen LogP contribution in [-0.4, -0.2) is 55.1 Å². The number of aromatic nitrogens is 1. The highest BCUT2D eigenvalue weighted by molar-refractivity contribution is 6.30. The third kappa shape index (κ3) is 5.45. The van der Waals surface area contributed by atoms with E-state index in [1.54, 1.807) is 0 Å². The van der Waals surface area contributed by atoms with Crippen LogP contribution in [0.5, 0.6) is 0 Å². The number of halogens is 4. The highest BCUT2D eigenvalue weighted by atomic mass is 35.5. The molecule has 5 nitrogen and oxygen atoms in total. The van der Waals surface area contributed by atoms with Crippen LogP contribution in [0.3, 0.4) is 0 Å². The Bertz CT molecular complexity index is 1170. The van der Waals surface area contributed by atoms with E-state index in [1.165, 1.54) is 30.0 Å². The molecule has 0 unspecified atom stereocenters. The van der Waals surface area contributed by atoms with Crippen LogP contribution in [0.25, 0.3) is 10.9 Å². The molecule has 0 radical (unpaired) electrons. The Labute approximate surface area is 201 Å². The lowest BCUT2D eigenvalue weighted by Gasteiger charge is -2.37. The largest absolute Gasteiger partial charge is 0.417 e. The molecule has 180 valence electrons. The molecule has 0 spiro atoms. The zero-order chi connectivity index (χ0) is 24.3. The lowest BCUT2D eigenvalue weighted by atomic mass is 10.0. The van der Waals surface area contributed by atoms with E-state index >= 15 is 0 Å². The summed E-state index contributed by atoms with van der Waals surface area (Å²) in [5.74, 6) is -0.523. The second-order valence-electron chi connectivity index (χ2n) is 8.42. The molecule has 2 aromatic carbocycles. The lowest BCUT2D eigenvalue weighted by molar-refractivity contribution is -0.136. The van der Waals surface area contributed by atoms with Crippen LogP contribution in [0.15, 0.2) is 48.7 Å². The zero-order valence-electron chi connectivity index (χ0n) is 18.8. The summed E-state index contributed by atoms with van der Waals surface area (Å²) in [4.78, 5) is 21.4. The monoisotopic (exact) mass is 490 g/mol. The quantitative estimate of drug-likeness (QED) is 0.485. The number of fused-ring (bicyclic) bond motifs is 1. The summed E-state index contributed by atoms with van der Waals surface area (Å²) in [5.41, 5.74) is 1.63. The predicted molar refractivity (Wildman–Crippen MR) is 129 cm³/mol. The van der Waals surface area contributed by atoms with Crippen LogP contribution >= 0.6 is 11.6 Å². The second kappa shape index (κ2) is 10.2. The van der Waals surface area contributed by atoms with Crippen molar-refractivity contribution < 1.29 is 18.0 Å². The number of carbonyl (C=O) groups excluding carboxylic acids is 1. The number of hydrogen-bond acceptors (Lipinski definition) is 4. The number of anilines is 1. The predicted octanol–water partition coefficient (Wildman–Crippen LogP) is 5.16. The summed E-state index contributed by atoms with van der Waals surface area (Å²) < 4.78 is 40.4. The van der Waals surface area contributed by atoms with Gasteiger partial charge >= 0.3 is 6.18 Å². The molecule has 2 heterocycles. The van der Waals surface area contributed by atoms with Crippen molar-refractivity contribution in [1.82, 2.24) is 15.2 Å². The SMILES string of the molecule is Cc1ccc(Cl)cc1N1CCN(CCCNC(=O)c2ccnc3cccc(C(F)(F)F)c23)CC1. The van der Waals surface area contributed by atoms with Gasteiger partial charge in [-0.05, 0) is 55.8 Å². The minimum atomic E-state index is -4.57. The van der Waals surface area contributed by atoms with Crippen LogP contribution in [0.4, 0.5) is 18.9 Å². The average Bonchev–Trinajstić information content (AvgIpc) is 2.82. The Morgan fingerprint density at radius 2 is 1.88 bits per heavy atom. The topological polar surface area (TPSA) is 48.5 Å². The molecular formula is C25H26ClF3N4O. The number of benzene rings is 2. The number of nitrogens with one attached hydrogen (secondary N) is 1. The number of carbonyl (C=O) groups is 1. The average molecular weight is 491 g/mol. The third-order valence-corrected chi connectivity index (χ3v) is 6.37. The normalized spacial score (nSPS) is 15.0. The number of rotatable bonds is 6. The molecule has 1 amide bonds. The summed E-state index contributed by atoms with van der Waals surface area (Å²) in [6.45, 7) is 6.81. The summed E-state index contributed by atoms with van der Waals surface area (Å²) in [7, 11) is 0. The first-order chi connectivity index (χ1) is 16.2. The van der Waals surface area contributed by atoms with Crippen LogP contribution in [-0.2, 0) is 6.18 Å². The van der Waals surface area contributed by atoms with Gasteiger partial charge in [-0.3, -0.25) is 14.7 Å². The lowest BCUT2D eigenvalue weighted by Crippen LogP contribution is -2.47. The minimum Gasteiger partial charge on any atom is -0.369 e. The van der Waals surface area contributed by atoms with Crippen molar-refractivity contribution in [1.29, 1.82) is 0 Å². The molecule has 4 rings (SSSR count). The Morgan fingerprint density at radius 1 is 1.12 bits per heavy atom. The molecule has 3 aromatic rings. The summed E-state index contributed by atoms with van der Waals surface area (Å²) in [5, 5.41) is 3.33. The smallest absolute Gasteiger partial charge is 0.369 e. The Morgan fingerprint density at radius 3 is 2.62 bits per heavy atom. The van der Waals surface area contributed by atoms with Gasteiger partial charge in [0.25, 0.3) is 5.91 Å². The first-order valence-electron chi connectivity index (χ1n) is 11.2. The Kier molecular flexibility index (Phi) is 7.28. The number of amides is 1. The van der Waals surface area contributed by atoms with E-state index in [1.807, 2.05) is 18.2 Å². The number of piperazine rings is 1. The molecule has 9 heteroatoms. The standard InChI is InChI=1S/C25H26ClF3N4O/c1-17-6-7-18(26)16-22(17)33-14-12-32(13-15-33)11-3-9-31-24(34)19-8-10-30-21-5-2-4-20(23(19)21)25(27,28)29/h2,4-8,10,16H,3,9,11-15H2,1H3,(H,31,34). The molecule has 1 fully saturated rings. The van der Waals surface area contributed by atoms with E-state index in [2.05, 4.69) is 27.0 Å². The van der Waals surface area contributed by atoms with Crippen LogP contribution in [0.1, 0.15) is 27.9 Å². The Hall–Kier alpha value is -2.84. The van der Waals surface area contributed by atoms with E-state index in [0.29, 0.717) is 13.0 Å². The fourth-order valence-corrected chi connectivity index (χ4v) is 4.53. The van der Waals surface area contributed by atoms with Gasteiger partial charge in [0.15, 0.2) is 0 Å². The maximum absolute atomic E-state index is 13.5. The summed E-state index contributed by atoms with van der Waals surface area (Å²) >= 11 is 6.15. The maximum atomic E-state index is 13.5. The van der Waals surface area contributed by atoms with Crippen LogP contribution in [0, 0.1) is 6.92 Å². The number of aryl methyl sites for hydroxylation is 1. The maximum Gasteiger partial charge on any atom is 0.417 e. The minimum absolute atomic E-state index is 0.0107. The van der Waals surface area contributed by atoms with Crippen molar-refractivity contribution in [2.45, 2.75) is 19.5 Å². The number of pyridine rings is 1. The van der Waals surface area contributed by atoms with Gasteiger partial charge in [0.2, 0.25) is 0 Å². The van der Waals surface area contributed by atoms with Crippen molar-refractivity contribution in [3.8, 4) is 0 Å². The Balaban J connectivity index is 1.30. The van der Waals surface area contributed by atoms with Gasteiger partial charge in [0, 0.05) is 55.0 Å². The molecule has 34 heavy (non-hydrogen) atoms. The molecule has 1 N–H and O–H groups in total. The molecule has 0 atom stereocenters. The molecule has 0 aliphatic carbocycles. The van der Waals surface area contributed by atoms with Gasteiger partial charge in [0.05, 0.1) is 16.6 Å². The highest BCUT2D eigenvalue weighted by Gasteiger charge is 2.34. The summed E-state index contributed by atoms with van der Waals surface area (Å²) in [6, 6.07) is 11.0. The third-order valence-electron chi connectivity index (χ3n) is 6.14. The van der Waals surface area contributed by atoms with Gasteiger partial charge < -0.3 is 10.2 Å².